The molecule has 0 amide bonds. The van der Waals surface area contributed by atoms with Crippen molar-refractivity contribution in [3.8, 4) is 22.9 Å². The highest BCUT2D eigenvalue weighted by atomic mass is 35.5. The molecule has 0 aliphatic heterocycles. The van der Waals surface area contributed by atoms with E-state index in [1.54, 1.807) is 12.1 Å². The highest BCUT2D eigenvalue weighted by Crippen LogP contribution is 2.32. The van der Waals surface area contributed by atoms with Crippen LogP contribution < -0.4 is 15.0 Å². The van der Waals surface area contributed by atoms with Gasteiger partial charge in [0.25, 0.3) is 5.56 Å². The third-order valence-electron chi connectivity index (χ3n) is 4.20. The quantitative estimate of drug-likeness (QED) is 0.456. The molecule has 8 nitrogen and oxygen atoms in total. The largest absolute Gasteiger partial charge is 0.493 e. The standard InChI is InChI=1S/C19H13ClF2N4O4/c1-28-15-6-10(2-5-14(15)29-19(21)22)17-24-16(30-25-17)8-26-9-23-13-4-3-11(20)7-12(13)18(26)27/h2-7,9,19H,8H2,1H3. The molecule has 0 atom stereocenters. The molecule has 0 aliphatic rings. The van der Waals surface area contributed by atoms with Crippen molar-refractivity contribution in [1.82, 2.24) is 19.7 Å². The average Bonchev–Trinajstić information content (AvgIpc) is 3.19. The van der Waals surface area contributed by atoms with Crippen LogP contribution in [0.5, 0.6) is 11.5 Å². The number of hydrogen-bond donors (Lipinski definition) is 0. The van der Waals surface area contributed by atoms with Gasteiger partial charge < -0.3 is 14.0 Å². The second-order valence-electron chi connectivity index (χ2n) is 6.09. The molecule has 0 fully saturated rings. The first-order chi connectivity index (χ1) is 14.4. The van der Waals surface area contributed by atoms with E-state index < -0.39 is 6.61 Å². The Morgan fingerprint density at radius 3 is 2.80 bits per heavy atom. The molecule has 154 valence electrons. The van der Waals surface area contributed by atoms with Gasteiger partial charge in [0.1, 0.15) is 6.54 Å². The van der Waals surface area contributed by atoms with Gasteiger partial charge in [0.15, 0.2) is 11.5 Å². The van der Waals surface area contributed by atoms with Crippen molar-refractivity contribution in [1.29, 1.82) is 0 Å². The van der Waals surface area contributed by atoms with E-state index in [1.165, 1.54) is 42.3 Å². The third kappa shape index (κ3) is 3.94. The first kappa shape index (κ1) is 19.8. The molecule has 11 heteroatoms. The van der Waals surface area contributed by atoms with Crippen LogP contribution >= 0.6 is 11.6 Å². The molecule has 2 heterocycles. The maximum atomic E-state index is 12.7. The first-order valence-electron chi connectivity index (χ1n) is 8.55. The Morgan fingerprint density at radius 2 is 2.03 bits per heavy atom. The lowest BCUT2D eigenvalue weighted by Crippen LogP contribution is -2.21. The number of ether oxygens (including phenoxy) is 2. The van der Waals surface area contributed by atoms with Crippen molar-refractivity contribution < 1.29 is 22.8 Å². The van der Waals surface area contributed by atoms with Gasteiger partial charge >= 0.3 is 6.61 Å². The maximum absolute atomic E-state index is 12.7. The van der Waals surface area contributed by atoms with Crippen LogP contribution in [0, 0.1) is 0 Å². The minimum absolute atomic E-state index is 0.00893. The summed E-state index contributed by atoms with van der Waals surface area (Å²) in [6, 6.07) is 9.09. The average molecular weight is 435 g/mol. The molecular weight excluding hydrogens is 422 g/mol. The van der Waals surface area contributed by atoms with Crippen LogP contribution in [0.4, 0.5) is 8.78 Å². The van der Waals surface area contributed by atoms with Crippen LogP contribution in [0.1, 0.15) is 5.89 Å². The molecule has 2 aromatic carbocycles. The number of hydrogen-bond acceptors (Lipinski definition) is 7. The summed E-state index contributed by atoms with van der Waals surface area (Å²) in [5.41, 5.74) is 0.668. The zero-order chi connectivity index (χ0) is 21.3. The highest BCUT2D eigenvalue weighted by Gasteiger charge is 2.16. The fraction of sp³-hybridized carbons (Fsp3) is 0.158. The van der Waals surface area contributed by atoms with Gasteiger partial charge in [-0.05, 0) is 36.4 Å². The molecule has 0 bridgehead atoms. The number of aromatic nitrogens is 4. The molecule has 0 unspecified atom stereocenters. The third-order valence-corrected chi connectivity index (χ3v) is 4.43. The molecule has 0 saturated heterocycles. The number of rotatable bonds is 6. The molecular formula is C19H13ClF2N4O4. The van der Waals surface area contributed by atoms with Crippen molar-refractivity contribution >= 4 is 22.5 Å². The molecule has 4 rings (SSSR count). The number of fused-ring (bicyclic) bond motifs is 1. The number of benzene rings is 2. The highest BCUT2D eigenvalue weighted by molar-refractivity contribution is 6.31. The van der Waals surface area contributed by atoms with Crippen molar-refractivity contribution in [2.45, 2.75) is 13.2 Å². The van der Waals surface area contributed by atoms with E-state index in [0.717, 1.165) is 0 Å². The molecule has 0 N–H and O–H groups in total. The van der Waals surface area contributed by atoms with Crippen molar-refractivity contribution in [3.63, 3.8) is 0 Å². The van der Waals surface area contributed by atoms with E-state index in [-0.39, 0.29) is 35.3 Å². The Balaban J connectivity index is 1.61. The van der Waals surface area contributed by atoms with Gasteiger partial charge in [-0.15, -0.1) is 0 Å². The molecule has 0 radical (unpaired) electrons. The van der Waals surface area contributed by atoms with Crippen LogP contribution in [0.3, 0.4) is 0 Å². The van der Waals surface area contributed by atoms with Gasteiger partial charge in [0.2, 0.25) is 11.7 Å². The van der Waals surface area contributed by atoms with Crippen molar-refractivity contribution in [2.75, 3.05) is 7.11 Å². The Labute approximate surface area is 172 Å². The van der Waals surface area contributed by atoms with Crippen LogP contribution in [-0.4, -0.2) is 33.4 Å². The van der Waals surface area contributed by atoms with Gasteiger partial charge in [0, 0.05) is 10.6 Å². The van der Waals surface area contributed by atoms with Crippen LogP contribution in [0.25, 0.3) is 22.3 Å². The zero-order valence-electron chi connectivity index (χ0n) is 15.4. The molecule has 4 aromatic rings. The Morgan fingerprint density at radius 1 is 1.20 bits per heavy atom. The predicted molar refractivity (Wildman–Crippen MR) is 103 cm³/mol. The normalized spacial score (nSPS) is 11.2. The lowest BCUT2D eigenvalue weighted by atomic mass is 10.2. The van der Waals surface area contributed by atoms with Gasteiger partial charge in [-0.2, -0.15) is 13.8 Å². The summed E-state index contributed by atoms with van der Waals surface area (Å²) in [7, 11) is 1.32. The van der Waals surface area contributed by atoms with Gasteiger partial charge in [0.05, 0.1) is 24.3 Å². The summed E-state index contributed by atoms with van der Waals surface area (Å²) in [5, 5.41) is 4.66. The summed E-state index contributed by atoms with van der Waals surface area (Å²) >= 11 is 5.96. The molecule has 2 aromatic heterocycles. The molecule has 0 aliphatic carbocycles. The van der Waals surface area contributed by atoms with E-state index in [4.69, 9.17) is 20.9 Å². The lowest BCUT2D eigenvalue weighted by Gasteiger charge is -2.10. The summed E-state index contributed by atoms with van der Waals surface area (Å²) in [4.78, 5) is 21.1. The predicted octanol–water partition coefficient (Wildman–Crippen LogP) is 3.76. The molecule has 0 saturated carbocycles. The SMILES string of the molecule is COc1cc(-c2noc(Cn3cnc4ccc(Cl)cc4c3=O)n2)ccc1OC(F)F. The van der Waals surface area contributed by atoms with E-state index in [1.807, 2.05) is 0 Å². The minimum atomic E-state index is -2.98. The van der Waals surface area contributed by atoms with Crippen LogP contribution in [0.2, 0.25) is 5.02 Å². The van der Waals surface area contributed by atoms with E-state index in [0.29, 0.717) is 21.5 Å². The zero-order valence-corrected chi connectivity index (χ0v) is 16.1. The molecule has 0 spiro atoms. The van der Waals surface area contributed by atoms with Gasteiger partial charge in [-0.1, -0.05) is 16.8 Å². The topological polar surface area (TPSA) is 92.3 Å². The van der Waals surface area contributed by atoms with Crippen LogP contribution in [-0.2, 0) is 6.54 Å². The van der Waals surface area contributed by atoms with E-state index >= 15 is 0 Å². The Kier molecular flexibility index (Phi) is 5.32. The smallest absolute Gasteiger partial charge is 0.387 e. The Bertz CT molecular complexity index is 1280. The van der Waals surface area contributed by atoms with Gasteiger partial charge in [-0.3, -0.25) is 9.36 Å². The fourth-order valence-electron chi connectivity index (χ4n) is 2.83. The number of nitrogens with zero attached hydrogens (tertiary/aromatic N) is 4. The number of methoxy groups -OCH3 is 1. The summed E-state index contributed by atoms with van der Waals surface area (Å²) in [5.74, 6) is 0.317. The summed E-state index contributed by atoms with van der Waals surface area (Å²) in [6.45, 7) is -2.99. The van der Waals surface area contributed by atoms with Crippen molar-refractivity contribution in [3.05, 3.63) is 64.0 Å². The summed E-state index contributed by atoms with van der Waals surface area (Å²) in [6.07, 6.45) is 1.38. The maximum Gasteiger partial charge on any atom is 0.387 e. The number of alkyl halides is 2. The monoisotopic (exact) mass is 434 g/mol. The second kappa shape index (κ2) is 8.07. The van der Waals surface area contributed by atoms with Crippen molar-refractivity contribution in [2.24, 2.45) is 0 Å². The van der Waals surface area contributed by atoms with Gasteiger partial charge in [-0.25, -0.2) is 4.98 Å². The molecule has 30 heavy (non-hydrogen) atoms. The summed E-state index contributed by atoms with van der Waals surface area (Å²) < 4.78 is 40.9. The Hall–Kier alpha value is -3.53. The fourth-order valence-corrected chi connectivity index (χ4v) is 3.00. The van der Waals surface area contributed by atoms with E-state index in [9.17, 15) is 13.6 Å². The van der Waals surface area contributed by atoms with Crippen LogP contribution in [0.15, 0.2) is 52.0 Å². The lowest BCUT2D eigenvalue weighted by molar-refractivity contribution is -0.0512. The van der Waals surface area contributed by atoms with E-state index in [2.05, 4.69) is 19.9 Å². The second-order valence-corrected chi connectivity index (χ2v) is 6.53. The number of halogens is 3. The first-order valence-corrected chi connectivity index (χ1v) is 8.93. The minimum Gasteiger partial charge on any atom is -0.493 e.